The molecule has 0 aliphatic rings. The maximum atomic E-state index is 12.2. The number of carbonyl (C=O) groups excluding carboxylic acids is 1. The van der Waals surface area contributed by atoms with Crippen molar-refractivity contribution in [3.05, 3.63) is 29.9 Å². The molecule has 0 aliphatic heterocycles. The third-order valence-electron chi connectivity index (χ3n) is 1.78. The first-order chi connectivity index (χ1) is 7.70. The topological polar surface area (TPSA) is 68.9 Å². The summed E-state index contributed by atoms with van der Waals surface area (Å²) in [6.07, 6.45) is -0.933. The van der Waals surface area contributed by atoms with E-state index in [1.54, 1.807) is 0 Å². The second-order valence-corrected chi connectivity index (χ2v) is 2.84. The Morgan fingerprint density at radius 1 is 1.31 bits per heavy atom. The monoisotopic (exact) mass is 225 g/mol. The van der Waals surface area contributed by atoms with Crippen molar-refractivity contribution in [1.82, 2.24) is 15.2 Å². The summed E-state index contributed by atoms with van der Waals surface area (Å²) in [4.78, 5) is 14.1. The van der Waals surface area contributed by atoms with Gasteiger partial charge in [-0.25, -0.2) is 0 Å². The van der Waals surface area contributed by atoms with Gasteiger partial charge in [-0.15, -0.1) is 10.2 Å². The van der Waals surface area contributed by atoms with Gasteiger partial charge in [0.15, 0.2) is 6.29 Å². The van der Waals surface area contributed by atoms with Crippen LogP contribution >= 0.6 is 0 Å². The van der Waals surface area contributed by atoms with Crippen molar-refractivity contribution in [3.8, 4) is 11.5 Å². The van der Waals surface area contributed by atoms with Gasteiger partial charge in [-0.1, -0.05) is 0 Å². The number of alkyl halides is 2. The molecule has 0 spiro atoms. The maximum Gasteiger partial charge on any atom is 0.314 e. The van der Waals surface area contributed by atoms with Crippen molar-refractivity contribution in [2.45, 2.75) is 6.43 Å². The average Bonchev–Trinajstić information content (AvgIpc) is 2.78. The maximum absolute atomic E-state index is 12.2. The summed E-state index contributed by atoms with van der Waals surface area (Å²) in [5, 5.41) is 6.61. The molecule has 0 saturated heterocycles. The Kier molecular flexibility index (Phi) is 2.67. The van der Waals surface area contributed by atoms with Crippen molar-refractivity contribution in [3.63, 3.8) is 0 Å². The van der Waals surface area contributed by atoms with Crippen LogP contribution in [0.3, 0.4) is 0 Å². The molecule has 5 nitrogen and oxygen atoms in total. The van der Waals surface area contributed by atoms with E-state index in [0.29, 0.717) is 11.8 Å². The van der Waals surface area contributed by atoms with E-state index in [-0.39, 0.29) is 11.6 Å². The molecule has 82 valence electrons. The third kappa shape index (κ3) is 1.92. The zero-order chi connectivity index (χ0) is 11.5. The van der Waals surface area contributed by atoms with Crippen molar-refractivity contribution in [2.75, 3.05) is 0 Å². The van der Waals surface area contributed by atoms with Gasteiger partial charge >= 0.3 is 6.43 Å². The second kappa shape index (κ2) is 4.13. The molecule has 16 heavy (non-hydrogen) atoms. The first-order valence-electron chi connectivity index (χ1n) is 4.24. The number of aromatic nitrogens is 3. The summed E-state index contributed by atoms with van der Waals surface area (Å²) < 4.78 is 29.0. The zero-order valence-corrected chi connectivity index (χ0v) is 7.80. The van der Waals surface area contributed by atoms with Crippen LogP contribution in [0, 0.1) is 0 Å². The molecule has 0 fully saturated rings. The highest BCUT2D eigenvalue weighted by Crippen LogP contribution is 2.22. The third-order valence-corrected chi connectivity index (χ3v) is 1.78. The molecule has 0 radical (unpaired) electrons. The van der Waals surface area contributed by atoms with Crippen LogP contribution in [0.1, 0.15) is 22.8 Å². The lowest BCUT2D eigenvalue weighted by molar-refractivity contribution is 0.111. The van der Waals surface area contributed by atoms with Gasteiger partial charge in [0.05, 0.1) is 5.56 Å². The van der Waals surface area contributed by atoms with Gasteiger partial charge in [-0.2, -0.15) is 8.78 Å². The number of rotatable bonds is 3. The summed E-state index contributed by atoms with van der Waals surface area (Å²) in [6, 6.07) is 2.91. The summed E-state index contributed by atoms with van der Waals surface area (Å²) in [6.45, 7) is 0. The Morgan fingerprint density at radius 2 is 2.12 bits per heavy atom. The van der Waals surface area contributed by atoms with E-state index in [1.165, 1.54) is 18.3 Å². The SMILES string of the molecule is O=Cc1ccc(-c2nnc(C(F)F)o2)cn1. The number of nitrogens with zero attached hydrogens (tertiary/aromatic N) is 3. The molecule has 0 N–H and O–H groups in total. The summed E-state index contributed by atoms with van der Waals surface area (Å²) in [7, 11) is 0. The van der Waals surface area contributed by atoms with Gasteiger partial charge in [-0.3, -0.25) is 9.78 Å². The largest absolute Gasteiger partial charge is 0.415 e. The lowest BCUT2D eigenvalue weighted by atomic mass is 10.2. The van der Waals surface area contributed by atoms with E-state index in [9.17, 15) is 13.6 Å². The van der Waals surface area contributed by atoms with Crippen molar-refractivity contribution >= 4 is 6.29 Å². The van der Waals surface area contributed by atoms with E-state index in [1.807, 2.05) is 0 Å². The fourth-order valence-electron chi connectivity index (χ4n) is 1.04. The van der Waals surface area contributed by atoms with Gasteiger partial charge in [0.1, 0.15) is 5.69 Å². The van der Waals surface area contributed by atoms with Crippen molar-refractivity contribution in [2.24, 2.45) is 0 Å². The molecular weight excluding hydrogens is 220 g/mol. The average molecular weight is 225 g/mol. The number of pyridine rings is 1. The highest BCUT2D eigenvalue weighted by atomic mass is 19.3. The molecule has 2 heterocycles. The Balaban J connectivity index is 2.31. The minimum atomic E-state index is -2.80. The van der Waals surface area contributed by atoms with E-state index < -0.39 is 12.3 Å². The van der Waals surface area contributed by atoms with E-state index >= 15 is 0 Å². The molecule has 0 aliphatic carbocycles. The Bertz CT molecular complexity index is 496. The van der Waals surface area contributed by atoms with Crippen LogP contribution in [0.5, 0.6) is 0 Å². The van der Waals surface area contributed by atoms with Gasteiger partial charge < -0.3 is 4.42 Å². The molecule has 0 atom stereocenters. The first kappa shape index (κ1) is 10.3. The summed E-state index contributed by atoms with van der Waals surface area (Å²) >= 11 is 0. The molecular formula is C9H5F2N3O2. The lowest BCUT2D eigenvalue weighted by Gasteiger charge is -1.93. The van der Waals surface area contributed by atoms with Crippen molar-refractivity contribution < 1.29 is 18.0 Å². The van der Waals surface area contributed by atoms with Gasteiger partial charge in [0.25, 0.3) is 5.89 Å². The Labute approximate surface area is 88.1 Å². The number of carbonyl (C=O) groups is 1. The van der Waals surface area contributed by atoms with Gasteiger partial charge in [0.2, 0.25) is 5.89 Å². The number of aldehydes is 1. The van der Waals surface area contributed by atoms with Gasteiger partial charge in [-0.05, 0) is 12.1 Å². The van der Waals surface area contributed by atoms with Crippen LogP contribution in [0.4, 0.5) is 8.78 Å². The number of hydrogen-bond donors (Lipinski definition) is 0. The summed E-state index contributed by atoms with van der Waals surface area (Å²) in [5.74, 6) is -0.797. The predicted octanol–water partition coefficient (Wildman–Crippen LogP) is 1.88. The molecule has 2 aromatic rings. The molecule has 0 aromatic carbocycles. The standard InChI is InChI=1S/C9H5F2N3O2/c10-7(11)9-14-13-8(16-9)5-1-2-6(4-15)12-3-5/h1-4,7H. The smallest absolute Gasteiger partial charge is 0.314 e. The summed E-state index contributed by atoms with van der Waals surface area (Å²) in [5.41, 5.74) is 0.613. The minimum absolute atomic E-state index is 0.0553. The molecule has 0 saturated carbocycles. The van der Waals surface area contributed by atoms with E-state index in [0.717, 1.165) is 0 Å². The van der Waals surface area contributed by atoms with E-state index in [4.69, 9.17) is 4.42 Å². The fraction of sp³-hybridized carbons (Fsp3) is 0.111. The highest BCUT2D eigenvalue weighted by molar-refractivity contribution is 5.72. The normalized spacial score (nSPS) is 10.7. The molecule has 2 rings (SSSR count). The molecule has 2 aromatic heterocycles. The second-order valence-electron chi connectivity index (χ2n) is 2.84. The molecule has 7 heteroatoms. The van der Waals surface area contributed by atoms with E-state index in [2.05, 4.69) is 15.2 Å². The molecule has 0 amide bonds. The van der Waals surface area contributed by atoms with Crippen LogP contribution in [0.25, 0.3) is 11.5 Å². The van der Waals surface area contributed by atoms with Crippen LogP contribution in [0.15, 0.2) is 22.7 Å². The first-order valence-corrected chi connectivity index (χ1v) is 4.24. The molecule has 0 bridgehead atoms. The zero-order valence-electron chi connectivity index (χ0n) is 7.80. The van der Waals surface area contributed by atoms with Crippen LogP contribution in [-0.4, -0.2) is 21.5 Å². The quantitative estimate of drug-likeness (QED) is 0.746. The lowest BCUT2D eigenvalue weighted by Crippen LogP contribution is -1.86. The van der Waals surface area contributed by atoms with Crippen LogP contribution in [0.2, 0.25) is 0 Å². The predicted molar refractivity (Wildman–Crippen MR) is 47.9 cm³/mol. The molecule has 0 unspecified atom stereocenters. The van der Waals surface area contributed by atoms with Crippen LogP contribution in [-0.2, 0) is 0 Å². The van der Waals surface area contributed by atoms with Crippen LogP contribution < -0.4 is 0 Å². The van der Waals surface area contributed by atoms with Gasteiger partial charge in [0, 0.05) is 6.20 Å². The number of hydrogen-bond acceptors (Lipinski definition) is 5. The Morgan fingerprint density at radius 3 is 2.62 bits per heavy atom. The Hall–Kier alpha value is -2.18. The fourth-order valence-corrected chi connectivity index (χ4v) is 1.04. The highest BCUT2D eigenvalue weighted by Gasteiger charge is 2.16. The minimum Gasteiger partial charge on any atom is -0.415 e. The number of halogens is 2. The van der Waals surface area contributed by atoms with Crippen molar-refractivity contribution in [1.29, 1.82) is 0 Å².